The quantitative estimate of drug-likeness (QED) is 0.411. The lowest BCUT2D eigenvalue weighted by atomic mass is 9.99. The molecule has 2 aliphatic rings. The number of nitrogens with zero attached hydrogens (tertiary/aromatic N) is 1. The predicted molar refractivity (Wildman–Crippen MR) is 144 cm³/mol. The molecule has 2 aliphatic heterocycles. The van der Waals surface area contributed by atoms with Gasteiger partial charge in [0.25, 0.3) is 0 Å². The molecule has 8 nitrogen and oxygen atoms in total. The second-order valence-electron chi connectivity index (χ2n) is 9.68. The maximum Gasteiger partial charge on any atom is 0.319 e. The van der Waals surface area contributed by atoms with Gasteiger partial charge in [0.05, 0.1) is 32.0 Å². The standard InChI is InChI=1S/C30H35N3O5/c34-21-23-9-11-24(12-10-23)28-18-27(20-33-13-15-36-16-14-33)37-29(38-28)25-7-4-8-26(17-25)32-30(35)31-19-22-5-2-1-3-6-22/h1-12,17,27-29,34H,13-16,18-21H2,(H2,31,32,35). The normalized spacial score (nSPS) is 22.1. The lowest BCUT2D eigenvalue weighted by Crippen LogP contribution is -2.44. The van der Waals surface area contributed by atoms with E-state index >= 15 is 0 Å². The summed E-state index contributed by atoms with van der Waals surface area (Å²) in [5, 5.41) is 15.2. The van der Waals surface area contributed by atoms with E-state index < -0.39 is 6.29 Å². The van der Waals surface area contributed by atoms with Crippen molar-refractivity contribution in [3.8, 4) is 0 Å². The number of amides is 2. The lowest BCUT2D eigenvalue weighted by molar-refractivity contribution is -0.253. The van der Waals surface area contributed by atoms with E-state index in [1.54, 1.807) is 0 Å². The molecule has 3 aromatic carbocycles. The number of aliphatic hydroxyl groups is 1. The molecule has 5 rings (SSSR count). The highest BCUT2D eigenvalue weighted by Crippen LogP contribution is 2.38. The summed E-state index contributed by atoms with van der Waals surface area (Å²) >= 11 is 0. The van der Waals surface area contributed by atoms with Crippen LogP contribution in [0.4, 0.5) is 10.5 Å². The van der Waals surface area contributed by atoms with Gasteiger partial charge in [0.2, 0.25) is 0 Å². The first-order valence-corrected chi connectivity index (χ1v) is 13.2. The van der Waals surface area contributed by atoms with Crippen LogP contribution in [0.3, 0.4) is 0 Å². The van der Waals surface area contributed by atoms with Crippen molar-refractivity contribution in [1.29, 1.82) is 0 Å². The molecule has 0 radical (unpaired) electrons. The van der Waals surface area contributed by atoms with Crippen LogP contribution in [0.5, 0.6) is 0 Å². The van der Waals surface area contributed by atoms with Crippen LogP contribution in [-0.4, -0.2) is 55.0 Å². The van der Waals surface area contributed by atoms with Crippen LogP contribution in [0.15, 0.2) is 78.9 Å². The molecule has 3 aromatic rings. The third kappa shape index (κ3) is 7.18. The molecule has 2 saturated heterocycles. The van der Waals surface area contributed by atoms with E-state index in [-0.39, 0.29) is 24.8 Å². The van der Waals surface area contributed by atoms with Crippen LogP contribution in [0.25, 0.3) is 0 Å². The molecular formula is C30H35N3O5. The Bertz CT molecular complexity index is 1170. The Morgan fingerprint density at radius 1 is 0.895 bits per heavy atom. The molecule has 200 valence electrons. The topological polar surface area (TPSA) is 92.3 Å². The Labute approximate surface area is 223 Å². The number of hydrogen-bond donors (Lipinski definition) is 3. The molecule has 8 heteroatoms. The third-order valence-electron chi connectivity index (χ3n) is 6.89. The van der Waals surface area contributed by atoms with Gasteiger partial charge in [-0.1, -0.05) is 66.7 Å². The summed E-state index contributed by atoms with van der Waals surface area (Å²) in [4.78, 5) is 14.9. The Kier molecular flexibility index (Phi) is 9.01. The minimum absolute atomic E-state index is 0.00984. The number of urea groups is 1. The molecule has 2 heterocycles. The van der Waals surface area contributed by atoms with Gasteiger partial charge < -0.3 is 30.0 Å². The van der Waals surface area contributed by atoms with Crippen molar-refractivity contribution in [1.82, 2.24) is 10.2 Å². The zero-order valence-corrected chi connectivity index (χ0v) is 21.4. The summed E-state index contributed by atoms with van der Waals surface area (Å²) in [7, 11) is 0. The summed E-state index contributed by atoms with van der Waals surface area (Å²) in [6.07, 6.45) is -0.0310. The fourth-order valence-electron chi connectivity index (χ4n) is 4.82. The van der Waals surface area contributed by atoms with Crippen molar-refractivity contribution in [2.45, 2.75) is 38.1 Å². The van der Waals surface area contributed by atoms with Gasteiger partial charge in [0.15, 0.2) is 6.29 Å². The smallest absolute Gasteiger partial charge is 0.319 e. The first-order chi connectivity index (χ1) is 18.7. The number of anilines is 1. The van der Waals surface area contributed by atoms with Crippen LogP contribution in [-0.2, 0) is 27.4 Å². The van der Waals surface area contributed by atoms with Gasteiger partial charge in [-0.05, 0) is 28.8 Å². The van der Waals surface area contributed by atoms with E-state index in [0.717, 1.165) is 61.5 Å². The summed E-state index contributed by atoms with van der Waals surface area (Å²) in [5.41, 5.74) is 4.46. The number of carbonyl (C=O) groups excluding carboxylic acids is 1. The number of nitrogens with one attached hydrogen (secondary N) is 2. The number of hydrogen-bond acceptors (Lipinski definition) is 6. The van der Waals surface area contributed by atoms with Gasteiger partial charge in [0.1, 0.15) is 0 Å². The molecule has 3 N–H and O–H groups in total. The summed E-state index contributed by atoms with van der Waals surface area (Å²) in [6.45, 7) is 4.50. The summed E-state index contributed by atoms with van der Waals surface area (Å²) in [5.74, 6) is 0. The number of morpholine rings is 1. The minimum Gasteiger partial charge on any atom is -0.392 e. The van der Waals surface area contributed by atoms with Crippen LogP contribution < -0.4 is 10.6 Å². The third-order valence-corrected chi connectivity index (χ3v) is 6.89. The summed E-state index contributed by atoms with van der Waals surface area (Å²) < 4.78 is 18.4. The summed E-state index contributed by atoms with van der Waals surface area (Å²) in [6, 6.07) is 25.0. The molecule has 0 aliphatic carbocycles. The molecule has 2 amide bonds. The van der Waals surface area contributed by atoms with E-state index in [1.807, 2.05) is 78.9 Å². The predicted octanol–water partition coefficient (Wildman–Crippen LogP) is 4.38. The second-order valence-corrected chi connectivity index (χ2v) is 9.68. The van der Waals surface area contributed by atoms with Crippen LogP contribution in [0.2, 0.25) is 0 Å². The van der Waals surface area contributed by atoms with E-state index in [2.05, 4.69) is 15.5 Å². The number of aliphatic hydroxyl groups excluding tert-OH is 1. The SMILES string of the molecule is O=C(NCc1ccccc1)Nc1cccc(C2OC(CN3CCOCC3)CC(c3ccc(CO)cc3)O2)c1. The van der Waals surface area contributed by atoms with E-state index in [4.69, 9.17) is 14.2 Å². The van der Waals surface area contributed by atoms with Gasteiger partial charge >= 0.3 is 6.03 Å². The van der Waals surface area contributed by atoms with Gasteiger partial charge in [-0.15, -0.1) is 0 Å². The van der Waals surface area contributed by atoms with Crippen molar-refractivity contribution in [2.24, 2.45) is 0 Å². The second kappa shape index (κ2) is 13.0. The molecule has 0 spiro atoms. The maximum atomic E-state index is 12.5. The molecular weight excluding hydrogens is 482 g/mol. The monoisotopic (exact) mass is 517 g/mol. The highest BCUT2D eigenvalue weighted by atomic mass is 16.7. The highest BCUT2D eigenvalue weighted by molar-refractivity contribution is 5.89. The maximum absolute atomic E-state index is 12.5. The first kappa shape index (κ1) is 26.3. The first-order valence-electron chi connectivity index (χ1n) is 13.2. The fourth-order valence-corrected chi connectivity index (χ4v) is 4.82. The number of carbonyl (C=O) groups is 1. The number of ether oxygens (including phenoxy) is 3. The number of rotatable bonds is 8. The van der Waals surface area contributed by atoms with E-state index in [9.17, 15) is 9.90 Å². The zero-order valence-electron chi connectivity index (χ0n) is 21.4. The van der Waals surface area contributed by atoms with Crippen molar-refractivity contribution in [2.75, 3.05) is 38.2 Å². The number of benzene rings is 3. The molecule has 3 unspecified atom stereocenters. The fraction of sp³-hybridized carbons (Fsp3) is 0.367. The Morgan fingerprint density at radius 3 is 2.45 bits per heavy atom. The van der Waals surface area contributed by atoms with Gasteiger partial charge in [-0.2, -0.15) is 0 Å². The molecule has 3 atom stereocenters. The molecule has 0 bridgehead atoms. The lowest BCUT2D eigenvalue weighted by Gasteiger charge is -2.39. The van der Waals surface area contributed by atoms with Gasteiger partial charge in [-0.3, -0.25) is 4.90 Å². The van der Waals surface area contributed by atoms with Crippen molar-refractivity contribution in [3.05, 3.63) is 101 Å². The Morgan fingerprint density at radius 2 is 1.68 bits per heavy atom. The Balaban J connectivity index is 1.28. The minimum atomic E-state index is -0.577. The van der Waals surface area contributed by atoms with Crippen LogP contribution >= 0.6 is 0 Å². The average Bonchev–Trinajstić information content (AvgIpc) is 2.97. The van der Waals surface area contributed by atoms with Crippen molar-refractivity contribution >= 4 is 11.7 Å². The van der Waals surface area contributed by atoms with Crippen molar-refractivity contribution in [3.63, 3.8) is 0 Å². The van der Waals surface area contributed by atoms with E-state index in [0.29, 0.717) is 12.2 Å². The largest absolute Gasteiger partial charge is 0.392 e. The van der Waals surface area contributed by atoms with E-state index in [1.165, 1.54) is 0 Å². The van der Waals surface area contributed by atoms with Crippen molar-refractivity contribution < 1.29 is 24.1 Å². The van der Waals surface area contributed by atoms with Crippen LogP contribution in [0, 0.1) is 0 Å². The highest BCUT2D eigenvalue weighted by Gasteiger charge is 2.33. The van der Waals surface area contributed by atoms with Gasteiger partial charge in [-0.25, -0.2) is 4.79 Å². The molecule has 0 saturated carbocycles. The molecule has 2 fully saturated rings. The Hall–Kier alpha value is -3.27. The average molecular weight is 518 g/mol. The zero-order chi connectivity index (χ0) is 26.2. The molecule has 38 heavy (non-hydrogen) atoms. The molecule has 0 aromatic heterocycles. The van der Waals surface area contributed by atoms with Gasteiger partial charge in [0, 0.05) is 43.9 Å². The van der Waals surface area contributed by atoms with Crippen LogP contribution in [0.1, 0.15) is 41.1 Å².